The Morgan fingerprint density at radius 3 is 2.57 bits per heavy atom. The van der Waals surface area contributed by atoms with Crippen LogP contribution in [0.4, 0.5) is 5.69 Å². The number of amides is 1. The number of carbonyl (C=O) groups excluding carboxylic acids is 2. The molecule has 0 bridgehead atoms. The van der Waals surface area contributed by atoms with E-state index >= 15 is 0 Å². The SMILES string of the molecule is Cc1cc2c3c(c1C)C(O)(CC(=O)c1ccncc1)C(=O)N3C(C)(C)CC2C. The number of ketones is 1. The maximum absolute atomic E-state index is 13.6. The highest BCUT2D eigenvalue weighted by molar-refractivity contribution is 6.13. The number of benzene rings is 1. The molecule has 2 aliphatic heterocycles. The van der Waals surface area contributed by atoms with Crippen molar-refractivity contribution >= 4 is 17.4 Å². The molecule has 1 aromatic heterocycles. The third kappa shape index (κ3) is 2.46. The number of pyridine rings is 1. The Morgan fingerprint density at radius 1 is 1.29 bits per heavy atom. The molecule has 0 aliphatic carbocycles. The Bertz CT molecular complexity index is 997. The number of rotatable bonds is 3. The summed E-state index contributed by atoms with van der Waals surface area (Å²) < 4.78 is 0. The van der Waals surface area contributed by atoms with Crippen LogP contribution in [0.15, 0.2) is 30.6 Å². The van der Waals surface area contributed by atoms with Crippen LogP contribution in [0.25, 0.3) is 0 Å². The van der Waals surface area contributed by atoms with Gasteiger partial charge in [-0.25, -0.2) is 0 Å². The second-order valence-corrected chi connectivity index (χ2v) is 8.89. The van der Waals surface area contributed by atoms with Crippen molar-refractivity contribution in [2.24, 2.45) is 0 Å². The second kappa shape index (κ2) is 5.98. The minimum Gasteiger partial charge on any atom is -0.375 e. The van der Waals surface area contributed by atoms with Crippen molar-refractivity contribution in [1.82, 2.24) is 4.98 Å². The van der Waals surface area contributed by atoms with Gasteiger partial charge in [-0.15, -0.1) is 0 Å². The van der Waals surface area contributed by atoms with Gasteiger partial charge in [-0.2, -0.15) is 0 Å². The molecule has 2 aliphatic rings. The quantitative estimate of drug-likeness (QED) is 0.825. The minimum atomic E-state index is -1.85. The molecule has 2 unspecified atom stereocenters. The van der Waals surface area contributed by atoms with Crippen molar-refractivity contribution in [1.29, 1.82) is 0 Å². The predicted octanol–water partition coefficient (Wildman–Crippen LogP) is 3.79. The van der Waals surface area contributed by atoms with Crippen molar-refractivity contribution in [3.63, 3.8) is 0 Å². The van der Waals surface area contributed by atoms with E-state index in [1.807, 2.05) is 27.7 Å². The first-order chi connectivity index (χ1) is 13.1. The highest BCUT2D eigenvalue weighted by atomic mass is 16.3. The summed E-state index contributed by atoms with van der Waals surface area (Å²) in [5, 5.41) is 11.7. The lowest BCUT2D eigenvalue weighted by Gasteiger charge is -2.44. The molecule has 146 valence electrons. The van der Waals surface area contributed by atoms with Crippen LogP contribution in [-0.2, 0) is 10.4 Å². The van der Waals surface area contributed by atoms with Gasteiger partial charge < -0.3 is 10.0 Å². The zero-order chi connectivity index (χ0) is 20.4. The van der Waals surface area contributed by atoms with Crippen LogP contribution in [0.5, 0.6) is 0 Å². The molecule has 2 aromatic rings. The van der Waals surface area contributed by atoms with Crippen LogP contribution in [-0.4, -0.2) is 27.3 Å². The average molecular weight is 378 g/mol. The van der Waals surface area contributed by atoms with E-state index in [-0.39, 0.29) is 18.1 Å². The van der Waals surface area contributed by atoms with Crippen molar-refractivity contribution in [2.45, 2.75) is 64.5 Å². The molecule has 0 spiro atoms. The largest absolute Gasteiger partial charge is 0.375 e. The number of carbonyl (C=O) groups is 2. The van der Waals surface area contributed by atoms with E-state index in [2.05, 4.69) is 18.0 Å². The topological polar surface area (TPSA) is 70.5 Å². The maximum Gasteiger partial charge on any atom is 0.264 e. The third-order valence-electron chi connectivity index (χ3n) is 6.40. The fourth-order valence-corrected chi connectivity index (χ4v) is 5.01. The van der Waals surface area contributed by atoms with Crippen molar-refractivity contribution < 1.29 is 14.7 Å². The maximum atomic E-state index is 13.6. The van der Waals surface area contributed by atoms with Gasteiger partial charge in [0.05, 0.1) is 12.1 Å². The molecule has 1 aromatic carbocycles. The third-order valence-corrected chi connectivity index (χ3v) is 6.40. The van der Waals surface area contributed by atoms with E-state index in [1.165, 1.54) is 0 Å². The van der Waals surface area contributed by atoms with Crippen LogP contribution >= 0.6 is 0 Å². The molecule has 0 fully saturated rings. The van der Waals surface area contributed by atoms with E-state index in [0.29, 0.717) is 11.1 Å². The van der Waals surface area contributed by atoms with Gasteiger partial charge in [0.15, 0.2) is 11.4 Å². The standard InChI is InChI=1S/C23H26N2O3/c1-13-10-17-14(2)11-22(4,5)25-20(17)19(15(13)3)23(28,21(25)27)12-18(26)16-6-8-24-9-7-16/h6-10,14,28H,11-12H2,1-5H3. The van der Waals surface area contributed by atoms with Crippen LogP contribution < -0.4 is 4.90 Å². The number of hydrogen-bond donors (Lipinski definition) is 1. The number of aromatic nitrogens is 1. The summed E-state index contributed by atoms with van der Waals surface area (Å²) >= 11 is 0. The molecular formula is C23H26N2O3. The van der Waals surface area contributed by atoms with Crippen LogP contribution in [0.3, 0.4) is 0 Å². The normalized spacial score (nSPS) is 25.0. The molecule has 0 saturated carbocycles. The van der Waals surface area contributed by atoms with Gasteiger partial charge in [-0.3, -0.25) is 14.6 Å². The molecule has 1 amide bonds. The number of aliphatic hydroxyl groups is 1. The van der Waals surface area contributed by atoms with Crippen molar-refractivity contribution in [3.8, 4) is 0 Å². The van der Waals surface area contributed by atoms with Crippen LogP contribution in [0.2, 0.25) is 0 Å². The van der Waals surface area contributed by atoms with Crippen molar-refractivity contribution in [2.75, 3.05) is 4.90 Å². The van der Waals surface area contributed by atoms with E-state index in [1.54, 1.807) is 29.4 Å². The first-order valence-corrected chi connectivity index (χ1v) is 9.73. The minimum absolute atomic E-state index is 0.265. The molecular weight excluding hydrogens is 352 g/mol. The summed E-state index contributed by atoms with van der Waals surface area (Å²) in [6, 6.07) is 5.36. The lowest BCUT2D eigenvalue weighted by atomic mass is 9.78. The molecule has 2 atom stereocenters. The Kier molecular flexibility index (Phi) is 4.02. The number of hydrogen-bond acceptors (Lipinski definition) is 4. The zero-order valence-corrected chi connectivity index (χ0v) is 17.0. The number of aryl methyl sites for hydroxylation is 1. The Morgan fingerprint density at radius 2 is 1.93 bits per heavy atom. The lowest BCUT2D eigenvalue weighted by molar-refractivity contribution is -0.137. The molecule has 3 heterocycles. The Labute approximate surface area is 165 Å². The molecule has 1 N–H and O–H groups in total. The van der Waals surface area contributed by atoms with Gasteiger partial charge in [0.2, 0.25) is 0 Å². The van der Waals surface area contributed by atoms with Gasteiger partial charge in [-0.05, 0) is 68.9 Å². The Balaban J connectivity index is 1.92. The highest BCUT2D eigenvalue weighted by Crippen LogP contribution is 2.55. The fraction of sp³-hybridized carbons (Fsp3) is 0.435. The van der Waals surface area contributed by atoms with Crippen LogP contribution in [0, 0.1) is 13.8 Å². The van der Waals surface area contributed by atoms with E-state index in [9.17, 15) is 14.7 Å². The molecule has 0 saturated heterocycles. The number of Topliss-reactive ketones (excluding diaryl/α,β-unsaturated/α-hetero) is 1. The van der Waals surface area contributed by atoms with Crippen LogP contribution in [0.1, 0.15) is 72.1 Å². The van der Waals surface area contributed by atoms with E-state index < -0.39 is 17.0 Å². The summed E-state index contributed by atoms with van der Waals surface area (Å²) in [5.74, 6) is -0.388. The van der Waals surface area contributed by atoms with Crippen molar-refractivity contribution in [3.05, 3.63) is 58.4 Å². The lowest BCUT2D eigenvalue weighted by Crippen LogP contribution is -2.53. The summed E-state index contributed by atoms with van der Waals surface area (Å²) in [6.07, 6.45) is 3.62. The smallest absolute Gasteiger partial charge is 0.264 e. The Hall–Kier alpha value is -2.53. The van der Waals surface area contributed by atoms with E-state index in [4.69, 9.17) is 0 Å². The van der Waals surface area contributed by atoms with Gasteiger partial charge in [0.25, 0.3) is 5.91 Å². The first-order valence-electron chi connectivity index (χ1n) is 9.73. The molecule has 0 radical (unpaired) electrons. The second-order valence-electron chi connectivity index (χ2n) is 8.89. The number of anilines is 1. The highest BCUT2D eigenvalue weighted by Gasteiger charge is 2.58. The summed E-state index contributed by atoms with van der Waals surface area (Å²) in [4.78, 5) is 32.2. The zero-order valence-electron chi connectivity index (χ0n) is 17.0. The van der Waals surface area contributed by atoms with Gasteiger partial charge >= 0.3 is 0 Å². The summed E-state index contributed by atoms with van der Waals surface area (Å²) in [5.41, 5.74) is 2.58. The number of nitrogens with zero attached hydrogens (tertiary/aromatic N) is 2. The summed E-state index contributed by atoms with van der Waals surface area (Å²) in [6.45, 7) is 10.1. The van der Waals surface area contributed by atoms with Gasteiger partial charge in [-0.1, -0.05) is 13.0 Å². The molecule has 5 nitrogen and oxygen atoms in total. The molecule has 5 heteroatoms. The van der Waals surface area contributed by atoms with Gasteiger partial charge in [0.1, 0.15) is 0 Å². The fourth-order valence-electron chi connectivity index (χ4n) is 5.01. The first kappa shape index (κ1) is 18.8. The monoisotopic (exact) mass is 378 g/mol. The van der Waals surface area contributed by atoms with E-state index in [0.717, 1.165) is 28.8 Å². The van der Waals surface area contributed by atoms with Gasteiger partial charge in [0, 0.05) is 29.1 Å². The molecule has 28 heavy (non-hydrogen) atoms. The summed E-state index contributed by atoms with van der Waals surface area (Å²) in [7, 11) is 0. The molecule has 4 rings (SSSR count). The predicted molar refractivity (Wildman–Crippen MR) is 108 cm³/mol. The average Bonchev–Trinajstić information content (AvgIpc) is 2.86.